The monoisotopic (exact) mass is 304 g/mol. The molecular weight excluding hydrogens is 295 g/mol. The summed E-state index contributed by atoms with van der Waals surface area (Å²) in [5, 5.41) is -0.521. The molecule has 0 heterocycles. The van der Waals surface area contributed by atoms with Gasteiger partial charge in [-0.05, 0) is 45.6 Å². The Morgan fingerprint density at radius 1 is 1.44 bits per heavy atom. The molecule has 0 bridgehead atoms. The molecule has 1 rings (SSSR count). The zero-order valence-corrected chi connectivity index (χ0v) is 11.0. The predicted octanol–water partition coefficient (Wildman–Crippen LogP) is 2.93. The smallest absolute Gasteiger partial charge is 0.305 e. The molecule has 0 spiro atoms. The van der Waals surface area contributed by atoms with Crippen LogP contribution in [0.3, 0.4) is 0 Å². The van der Waals surface area contributed by atoms with E-state index in [2.05, 4.69) is 20.7 Å². The fraction of sp³-hybridized carbons (Fsp3) is 0.273. The zero-order valence-electron chi connectivity index (χ0n) is 8.63. The minimum absolute atomic E-state index is 0.273. The molecule has 0 saturated heterocycles. The summed E-state index contributed by atoms with van der Waals surface area (Å²) in [5.41, 5.74) is 1.26. The van der Waals surface area contributed by atoms with Gasteiger partial charge in [0.05, 0.1) is 7.11 Å². The Morgan fingerprint density at radius 3 is 2.69 bits per heavy atom. The maximum atomic E-state index is 11.1. The van der Waals surface area contributed by atoms with Crippen molar-refractivity contribution in [2.24, 2.45) is 0 Å². The van der Waals surface area contributed by atoms with Crippen LogP contribution in [0.25, 0.3) is 0 Å². The van der Waals surface area contributed by atoms with E-state index in [0.29, 0.717) is 16.5 Å². The molecule has 0 saturated carbocycles. The summed E-state index contributed by atoms with van der Waals surface area (Å²) in [5.74, 6) is -0.283. The maximum absolute atomic E-state index is 11.1. The lowest BCUT2D eigenvalue weighted by Gasteiger charge is -2.06. The molecule has 0 aromatic heterocycles. The van der Waals surface area contributed by atoms with Gasteiger partial charge in [0.25, 0.3) is 5.24 Å². The summed E-state index contributed by atoms with van der Waals surface area (Å²) < 4.78 is 5.18. The second-order valence-corrected chi connectivity index (χ2v) is 4.26. The van der Waals surface area contributed by atoms with Gasteiger partial charge in [-0.1, -0.05) is 12.1 Å². The van der Waals surface area contributed by atoms with Gasteiger partial charge in [0.1, 0.15) is 0 Å². The third-order valence-electron chi connectivity index (χ3n) is 2.12. The second kappa shape index (κ2) is 6.01. The van der Waals surface area contributed by atoms with E-state index in [0.717, 1.165) is 5.56 Å². The summed E-state index contributed by atoms with van der Waals surface area (Å²) in [6.07, 6.45) is 0.778. The minimum Gasteiger partial charge on any atom is -0.469 e. The van der Waals surface area contributed by atoms with Crippen molar-refractivity contribution < 1.29 is 14.3 Å². The fourth-order valence-corrected chi connectivity index (χ4v) is 2.18. The number of carbonyl (C=O) groups is 2. The van der Waals surface area contributed by atoms with Gasteiger partial charge in [0, 0.05) is 16.5 Å². The summed E-state index contributed by atoms with van der Waals surface area (Å²) in [6.45, 7) is 0. The minimum atomic E-state index is -0.521. The average molecular weight is 306 g/mol. The van der Waals surface area contributed by atoms with Crippen molar-refractivity contribution in [2.45, 2.75) is 12.8 Å². The number of rotatable bonds is 4. The molecule has 0 N–H and O–H groups in total. The number of halogens is 2. The SMILES string of the molecule is COC(=O)CCc1cccc(C(=O)Cl)c1Br. The Labute approximate surface area is 107 Å². The number of ether oxygens (including phenoxy) is 1. The highest BCUT2D eigenvalue weighted by Gasteiger charge is 2.11. The zero-order chi connectivity index (χ0) is 12.1. The van der Waals surface area contributed by atoms with Crippen LogP contribution in [0.4, 0.5) is 0 Å². The first-order chi connectivity index (χ1) is 7.56. The third-order valence-corrected chi connectivity index (χ3v) is 3.26. The van der Waals surface area contributed by atoms with Crippen LogP contribution >= 0.6 is 27.5 Å². The van der Waals surface area contributed by atoms with Crippen LogP contribution in [-0.2, 0) is 16.0 Å². The largest absolute Gasteiger partial charge is 0.469 e. The van der Waals surface area contributed by atoms with Crippen molar-refractivity contribution in [1.29, 1.82) is 0 Å². The van der Waals surface area contributed by atoms with E-state index in [1.165, 1.54) is 7.11 Å². The van der Waals surface area contributed by atoms with Crippen molar-refractivity contribution in [3.8, 4) is 0 Å². The second-order valence-electron chi connectivity index (χ2n) is 3.13. The molecule has 1 aromatic rings. The van der Waals surface area contributed by atoms with Gasteiger partial charge in [0.15, 0.2) is 0 Å². The van der Waals surface area contributed by atoms with Crippen molar-refractivity contribution in [3.63, 3.8) is 0 Å². The first-order valence-corrected chi connectivity index (χ1v) is 5.77. The molecule has 0 aliphatic heterocycles. The third kappa shape index (κ3) is 3.32. The number of hydrogen-bond acceptors (Lipinski definition) is 3. The van der Waals surface area contributed by atoms with Crippen LogP contribution < -0.4 is 0 Å². The molecule has 0 fully saturated rings. The molecule has 3 nitrogen and oxygen atoms in total. The molecule has 0 aliphatic rings. The molecule has 86 valence electrons. The van der Waals surface area contributed by atoms with Gasteiger partial charge in [-0.15, -0.1) is 0 Å². The Hall–Kier alpha value is -0.870. The van der Waals surface area contributed by atoms with Gasteiger partial charge in [-0.3, -0.25) is 9.59 Å². The average Bonchev–Trinajstić information content (AvgIpc) is 2.26. The quantitative estimate of drug-likeness (QED) is 0.634. The highest BCUT2D eigenvalue weighted by molar-refractivity contribution is 9.10. The molecular formula is C11H10BrClO3. The summed E-state index contributed by atoms with van der Waals surface area (Å²) in [6, 6.07) is 5.18. The van der Waals surface area contributed by atoms with Crippen molar-refractivity contribution in [2.75, 3.05) is 7.11 Å². The molecule has 0 unspecified atom stereocenters. The first kappa shape index (κ1) is 13.2. The van der Waals surface area contributed by atoms with Crippen LogP contribution in [0, 0.1) is 0 Å². The number of methoxy groups -OCH3 is 1. The fourth-order valence-electron chi connectivity index (χ4n) is 1.26. The predicted molar refractivity (Wildman–Crippen MR) is 64.7 cm³/mol. The molecule has 0 atom stereocenters. The van der Waals surface area contributed by atoms with Crippen molar-refractivity contribution in [3.05, 3.63) is 33.8 Å². The van der Waals surface area contributed by atoms with Crippen molar-refractivity contribution >= 4 is 38.7 Å². The maximum Gasteiger partial charge on any atom is 0.305 e. The Balaban J connectivity index is 2.85. The molecule has 0 radical (unpaired) electrons. The number of carbonyl (C=O) groups excluding carboxylic acids is 2. The number of benzene rings is 1. The van der Waals surface area contributed by atoms with Gasteiger partial charge in [-0.2, -0.15) is 0 Å². The molecule has 0 amide bonds. The van der Waals surface area contributed by atoms with E-state index in [1.807, 2.05) is 6.07 Å². The topological polar surface area (TPSA) is 43.4 Å². The summed E-state index contributed by atoms with van der Waals surface area (Å²) >= 11 is 8.71. The van der Waals surface area contributed by atoms with Crippen molar-refractivity contribution in [1.82, 2.24) is 0 Å². The Bertz CT molecular complexity index is 418. The van der Waals surface area contributed by atoms with Crippen LogP contribution in [0.2, 0.25) is 0 Å². The molecule has 16 heavy (non-hydrogen) atoms. The van der Waals surface area contributed by atoms with Crippen LogP contribution in [0.15, 0.2) is 22.7 Å². The standard InChI is InChI=1S/C11H10BrClO3/c1-16-9(14)6-5-7-3-2-4-8(10(7)12)11(13)15/h2-4H,5-6H2,1H3. The summed E-state index contributed by atoms with van der Waals surface area (Å²) in [7, 11) is 1.34. The van der Waals surface area contributed by atoms with E-state index in [1.54, 1.807) is 12.1 Å². The Morgan fingerprint density at radius 2 is 2.12 bits per heavy atom. The van der Waals surface area contributed by atoms with E-state index >= 15 is 0 Å². The van der Waals surface area contributed by atoms with E-state index in [9.17, 15) is 9.59 Å². The van der Waals surface area contributed by atoms with Crippen LogP contribution in [0.5, 0.6) is 0 Å². The number of aryl methyl sites for hydroxylation is 1. The van der Waals surface area contributed by atoms with E-state index in [4.69, 9.17) is 11.6 Å². The lowest BCUT2D eigenvalue weighted by molar-refractivity contribution is -0.140. The van der Waals surface area contributed by atoms with Gasteiger partial charge in [0.2, 0.25) is 0 Å². The van der Waals surface area contributed by atoms with E-state index in [-0.39, 0.29) is 12.4 Å². The summed E-state index contributed by atoms with van der Waals surface area (Å²) in [4.78, 5) is 22.0. The normalized spacial score (nSPS) is 9.94. The first-order valence-electron chi connectivity index (χ1n) is 4.60. The number of hydrogen-bond donors (Lipinski definition) is 0. The molecule has 1 aromatic carbocycles. The lowest BCUT2D eigenvalue weighted by atomic mass is 10.1. The van der Waals surface area contributed by atoms with Gasteiger partial charge < -0.3 is 4.74 Å². The highest BCUT2D eigenvalue weighted by Crippen LogP contribution is 2.24. The number of esters is 1. The van der Waals surface area contributed by atoms with E-state index < -0.39 is 5.24 Å². The van der Waals surface area contributed by atoms with Crippen LogP contribution in [-0.4, -0.2) is 18.3 Å². The van der Waals surface area contributed by atoms with Gasteiger partial charge in [-0.25, -0.2) is 0 Å². The Kier molecular flexibility index (Phi) is 4.96. The van der Waals surface area contributed by atoms with Gasteiger partial charge >= 0.3 is 5.97 Å². The van der Waals surface area contributed by atoms with Crippen LogP contribution in [0.1, 0.15) is 22.3 Å². The molecule has 0 aliphatic carbocycles. The molecule has 5 heteroatoms. The lowest BCUT2D eigenvalue weighted by Crippen LogP contribution is -2.03. The highest BCUT2D eigenvalue weighted by atomic mass is 79.9.